The summed E-state index contributed by atoms with van der Waals surface area (Å²) < 4.78 is 12.0. The van der Waals surface area contributed by atoms with Crippen LogP contribution in [0.5, 0.6) is 0 Å². The van der Waals surface area contributed by atoms with E-state index in [4.69, 9.17) is 14.7 Å². The van der Waals surface area contributed by atoms with Crippen molar-refractivity contribution >= 4 is 16.6 Å². The highest BCUT2D eigenvalue weighted by molar-refractivity contribution is 6.70. The highest BCUT2D eigenvalue weighted by Gasteiger charge is 2.26. The lowest BCUT2D eigenvalue weighted by Gasteiger charge is -2.22. The van der Waals surface area contributed by atoms with Gasteiger partial charge in [0.2, 0.25) is 0 Å². The third-order valence-corrected chi connectivity index (χ3v) is 4.58. The van der Waals surface area contributed by atoms with Crippen LogP contribution in [0.1, 0.15) is 37.7 Å². The van der Waals surface area contributed by atoms with E-state index < -0.39 is 16.6 Å². The van der Waals surface area contributed by atoms with Gasteiger partial charge in [-0.2, -0.15) is 4.79 Å². The van der Waals surface area contributed by atoms with Crippen LogP contribution < -0.4 is 5.84 Å². The van der Waals surface area contributed by atoms with E-state index in [9.17, 15) is 0 Å². The van der Waals surface area contributed by atoms with Gasteiger partial charge in [0.15, 0.2) is 28.3 Å². The fraction of sp³-hybridized carbons (Fsp3) is 0.833. The van der Waals surface area contributed by atoms with Gasteiger partial charge in [-0.15, -0.1) is 5.10 Å². The van der Waals surface area contributed by atoms with Crippen molar-refractivity contribution in [2.45, 2.75) is 65.3 Å². The van der Waals surface area contributed by atoms with E-state index in [1.807, 2.05) is 13.8 Å². The SMILES string of the molecule is CC(O[Si](C)(C)C)c1nc(C(C)O[Si](C)(C)C)n(N)n1. The van der Waals surface area contributed by atoms with Crippen molar-refractivity contribution in [2.24, 2.45) is 0 Å². The van der Waals surface area contributed by atoms with Crippen LogP contribution in [0, 0.1) is 0 Å². The number of aromatic nitrogens is 3. The molecule has 0 aliphatic heterocycles. The van der Waals surface area contributed by atoms with Crippen molar-refractivity contribution in [2.75, 3.05) is 5.84 Å². The number of nitrogen functional groups attached to an aromatic ring is 1. The standard InChI is InChI=1S/C12H28N4O2Si2/c1-9(17-19(3,4)5)11-14-12(16(13)15-11)10(2)18-20(6,7)8/h9-10H,13H2,1-8H3. The van der Waals surface area contributed by atoms with E-state index in [2.05, 4.69) is 49.4 Å². The Labute approximate surface area is 123 Å². The van der Waals surface area contributed by atoms with E-state index in [1.54, 1.807) is 0 Å². The first-order valence-corrected chi connectivity index (χ1v) is 13.8. The molecule has 0 aliphatic carbocycles. The number of hydrogen-bond donors (Lipinski definition) is 1. The smallest absolute Gasteiger partial charge is 0.184 e. The molecule has 0 radical (unpaired) electrons. The first-order valence-electron chi connectivity index (χ1n) is 6.96. The minimum Gasteiger partial charge on any atom is -0.408 e. The van der Waals surface area contributed by atoms with Crippen LogP contribution in [0.2, 0.25) is 39.3 Å². The average Bonchev–Trinajstić information content (AvgIpc) is 2.55. The van der Waals surface area contributed by atoms with E-state index in [-0.39, 0.29) is 12.2 Å². The summed E-state index contributed by atoms with van der Waals surface area (Å²) in [5.41, 5.74) is 0. The lowest BCUT2D eigenvalue weighted by Crippen LogP contribution is -2.29. The topological polar surface area (TPSA) is 75.2 Å². The zero-order valence-electron chi connectivity index (χ0n) is 13.9. The van der Waals surface area contributed by atoms with Crippen LogP contribution in [0.4, 0.5) is 0 Å². The normalized spacial score (nSPS) is 16.2. The van der Waals surface area contributed by atoms with Gasteiger partial charge in [0, 0.05) is 0 Å². The van der Waals surface area contributed by atoms with Crippen molar-refractivity contribution in [1.82, 2.24) is 14.9 Å². The summed E-state index contributed by atoms with van der Waals surface area (Å²) in [5, 5.41) is 4.26. The molecule has 0 saturated heterocycles. The van der Waals surface area contributed by atoms with Gasteiger partial charge < -0.3 is 14.7 Å². The van der Waals surface area contributed by atoms with Crippen LogP contribution >= 0.6 is 0 Å². The molecule has 1 aromatic rings. The number of rotatable bonds is 6. The molecule has 2 N–H and O–H groups in total. The van der Waals surface area contributed by atoms with Gasteiger partial charge in [0.1, 0.15) is 12.2 Å². The molecule has 0 bridgehead atoms. The maximum Gasteiger partial charge on any atom is 0.184 e. The van der Waals surface area contributed by atoms with Crippen LogP contribution in [0.25, 0.3) is 0 Å². The van der Waals surface area contributed by atoms with E-state index in [0.717, 1.165) is 0 Å². The van der Waals surface area contributed by atoms with E-state index in [1.165, 1.54) is 4.79 Å². The van der Waals surface area contributed by atoms with Crippen molar-refractivity contribution in [3.8, 4) is 0 Å². The Hall–Kier alpha value is -0.706. The molecule has 0 fully saturated rings. The quantitative estimate of drug-likeness (QED) is 0.645. The first-order chi connectivity index (χ1) is 8.89. The second-order valence-corrected chi connectivity index (χ2v) is 15.9. The summed E-state index contributed by atoms with van der Waals surface area (Å²) in [4.78, 5) is 5.81. The molecule has 0 spiro atoms. The molecule has 1 aromatic heterocycles. The monoisotopic (exact) mass is 316 g/mol. The lowest BCUT2D eigenvalue weighted by molar-refractivity contribution is 0.201. The molecule has 0 saturated carbocycles. The zero-order chi connectivity index (χ0) is 15.7. The molecule has 0 aromatic carbocycles. The van der Waals surface area contributed by atoms with Crippen molar-refractivity contribution in [3.05, 3.63) is 11.6 Å². The minimum absolute atomic E-state index is 0.149. The molecule has 2 unspecified atom stereocenters. The molecule has 116 valence electrons. The molecule has 20 heavy (non-hydrogen) atoms. The largest absolute Gasteiger partial charge is 0.408 e. The van der Waals surface area contributed by atoms with Crippen molar-refractivity contribution in [1.29, 1.82) is 0 Å². The Morgan fingerprint density at radius 2 is 1.40 bits per heavy atom. The Morgan fingerprint density at radius 1 is 0.950 bits per heavy atom. The van der Waals surface area contributed by atoms with Gasteiger partial charge >= 0.3 is 0 Å². The second-order valence-electron chi connectivity index (χ2n) is 7.02. The van der Waals surface area contributed by atoms with E-state index >= 15 is 0 Å². The average molecular weight is 317 g/mol. The van der Waals surface area contributed by atoms with Crippen LogP contribution in [-0.4, -0.2) is 31.5 Å². The van der Waals surface area contributed by atoms with E-state index in [0.29, 0.717) is 11.6 Å². The molecule has 1 heterocycles. The summed E-state index contributed by atoms with van der Waals surface area (Å²) in [6.07, 6.45) is -0.309. The Balaban J connectivity index is 2.87. The van der Waals surface area contributed by atoms with Gasteiger partial charge in [-0.05, 0) is 53.1 Å². The second kappa shape index (κ2) is 5.96. The Kier molecular flexibility index (Phi) is 5.17. The molecular weight excluding hydrogens is 288 g/mol. The van der Waals surface area contributed by atoms with Crippen LogP contribution in [-0.2, 0) is 8.85 Å². The minimum atomic E-state index is -1.64. The molecule has 6 nitrogen and oxygen atoms in total. The van der Waals surface area contributed by atoms with Gasteiger partial charge in [-0.25, -0.2) is 4.98 Å². The Morgan fingerprint density at radius 3 is 1.85 bits per heavy atom. The summed E-state index contributed by atoms with van der Waals surface area (Å²) in [7, 11) is -3.27. The third kappa shape index (κ3) is 5.35. The Bertz CT molecular complexity index is 451. The van der Waals surface area contributed by atoms with Gasteiger partial charge in [0.05, 0.1) is 0 Å². The van der Waals surface area contributed by atoms with Gasteiger partial charge in [-0.3, -0.25) is 0 Å². The lowest BCUT2D eigenvalue weighted by atomic mass is 10.4. The molecule has 8 heteroatoms. The summed E-state index contributed by atoms with van der Waals surface area (Å²) >= 11 is 0. The number of hydrogen-bond acceptors (Lipinski definition) is 5. The molecular formula is C12H28N4O2Si2. The molecule has 1 rings (SSSR count). The third-order valence-electron chi connectivity index (χ3n) is 2.46. The molecule has 2 atom stereocenters. The summed E-state index contributed by atoms with van der Waals surface area (Å²) in [5.74, 6) is 7.16. The summed E-state index contributed by atoms with van der Waals surface area (Å²) in [6, 6.07) is 0. The number of nitrogens with two attached hydrogens (primary N) is 1. The maximum absolute atomic E-state index is 6.00. The molecule has 0 aliphatic rings. The maximum atomic E-state index is 6.00. The fourth-order valence-corrected chi connectivity index (χ4v) is 4.30. The predicted molar refractivity (Wildman–Crippen MR) is 85.9 cm³/mol. The van der Waals surface area contributed by atoms with Crippen LogP contribution in [0.15, 0.2) is 0 Å². The first kappa shape index (κ1) is 17.3. The predicted octanol–water partition coefficient (Wildman–Crippen LogP) is 2.82. The van der Waals surface area contributed by atoms with Gasteiger partial charge in [0.25, 0.3) is 0 Å². The zero-order valence-corrected chi connectivity index (χ0v) is 15.9. The van der Waals surface area contributed by atoms with Gasteiger partial charge in [-0.1, -0.05) is 0 Å². The molecule has 0 amide bonds. The number of nitrogens with zero attached hydrogens (tertiary/aromatic N) is 3. The highest BCUT2D eigenvalue weighted by Crippen LogP contribution is 2.23. The fourth-order valence-electron chi connectivity index (χ4n) is 1.97. The van der Waals surface area contributed by atoms with Crippen molar-refractivity contribution < 1.29 is 8.85 Å². The highest BCUT2D eigenvalue weighted by atomic mass is 28.4. The summed E-state index contributed by atoms with van der Waals surface area (Å²) in [6.45, 7) is 16.7. The van der Waals surface area contributed by atoms with Crippen LogP contribution in [0.3, 0.4) is 0 Å². The van der Waals surface area contributed by atoms with Crippen molar-refractivity contribution in [3.63, 3.8) is 0 Å².